The van der Waals surface area contributed by atoms with Crippen LogP contribution in [0.3, 0.4) is 0 Å². The van der Waals surface area contributed by atoms with Crippen LogP contribution in [0.15, 0.2) is 24.5 Å². The van der Waals surface area contributed by atoms with Crippen molar-refractivity contribution in [2.75, 3.05) is 31.1 Å². The van der Waals surface area contributed by atoms with Crippen LogP contribution in [0.2, 0.25) is 15.3 Å². The van der Waals surface area contributed by atoms with E-state index in [2.05, 4.69) is 19.9 Å². The fraction of sp³-hybridized carbons (Fsp3) is 0.286. The number of carbonyl (C=O) groups is 1. The molecule has 0 atom stereocenters. The minimum absolute atomic E-state index is 0.0609. The lowest BCUT2D eigenvalue weighted by atomic mass is 10.2. The molecule has 5 rings (SSSR count). The molecular weight excluding hydrogens is 505 g/mol. The molecule has 0 radical (unpaired) electrons. The van der Waals surface area contributed by atoms with Gasteiger partial charge in [0.1, 0.15) is 12.1 Å². The standard InChI is InChI=1S/C21H18Cl3N7O3/c1-29-10-25-16-18(29)27-20(24)28-19(16)30-4-6-31(7-5-30)21(33)34-9-11-2-3-12-13(22)8-14(23)17(32)15(12)26-11/h2-3,8,10,32H,4-7,9H2,1H3. The molecule has 1 amide bonds. The molecule has 0 spiro atoms. The largest absolute Gasteiger partial charge is 0.504 e. The molecule has 34 heavy (non-hydrogen) atoms. The van der Waals surface area contributed by atoms with Crippen molar-refractivity contribution in [1.82, 2.24) is 29.4 Å². The number of imidazole rings is 1. The Balaban J connectivity index is 1.24. The predicted molar refractivity (Wildman–Crippen MR) is 129 cm³/mol. The number of aromatic nitrogens is 5. The number of aromatic hydroxyl groups is 1. The Kier molecular flexibility index (Phi) is 5.97. The number of phenolic OH excluding ortho intramolecular Hbond substituents is 1. The van der Waals surface area contributed by atoms with Crippen LogP contribution in [0.4, 0.5) is 10.6 Å². The van der Waals surface area contributed by atoms with E-state index < -0.39 is 6.09 Å². The second-order valence-electron chi connectivity index (χ2n) is 7.76. The Morgan fingerprint density at radius 1 is 1.06 bits per heavy atom. The lowest BCUT2D eigenvalue weighted by molar-refractivity contribution is 0.0932. The van der Waals surface area contributed by atoms with Gasteiger partial charge in [0.25, 0.3) is 0 Å². The predicted octanol–water partition coefficient (Wildman–Crippen LogP) is 4.04. The Bertz CT molecular complexity index is 1420. The minimum atomic E-state index is -0.460. The maximum atomic E-state index is 12.6. The fourth-order valence-corrected chi connectivity index (χ4v) is 4.51. The zero-order chi connectivity index (χ0) is 24.0. The van der Waals surface area contributed by atoms with E-state index in [-0.39, 0.29) is 28.2 Å². The second-order valence-corrected chi connectivity index (χ2v) is 8.91. The van der Waals surface area contributed by atoms with Crippen molar-refractivity contribution in [1.29, 1.82) is 0 Å². The first-order valence-electron chi connectivity index (χ1n) is 10.3. The summed E-state index contributed by atoms with van der Waals surface area (Å²) in [6, 6.07) is 4.84. The number of pyridine rings is 1. The summed E-state index contributed by atoms with van der Waals surface area (Å²) in [4.78, 5) is 33.6. The molecule has 10 nitrogen and oxygen atoms in total. The third-order valence-electron chi connectivity index (χ3n) is 5.61. The summed E-state index contributed by atoms with van der Waals surface area (Å²) in [7, 11) is 1.84. The van der Waals surface area contributed by atoms with Gasteiger partial charge in [-0.15, -0.1) is 0 Å². The van der Waals surface area contributed by atoms with Crippen LogP contribution in [0.5, 0.6) is 5.75 Å². The van der Waals surface area contributed by atoms with Crippen LogP contribution in [0, 0.1) is 0 Å². The van der Waals surface area contributed by atoms with Crippen molar-refractivity contribution < 1.29 is 14.6 Å². The topological polar surface area (TPSA) is 110 Å². The number of fused-ring (bicyclic) bond motifs is 2. The monoisotopic (exact) mass is 521 g/mol. The van der Waals surface area contributed by atoms with Crippen LogP contribution in [0.1, 0.15) is 5.69 Å². The third kappa shape index (κ3) is 4.13. The van der Waals surface area contributed by atoms with Crippen molar-refractivity contribution in [3.8, 4) is 5.75 Å². The Morgan fingerprint density at radius 2 is 1.82 bits per heavy atom. The van der Waals surface area contributed by atoms with E-state index in [1.165, 1.54) is 6.07 Å². The molecule has 4 aromatic rings. The van der Waals surface area contributed by atoms with Crippen LogP contribution >= 0.6 is 34.8 Å². The SMILES string of the molecule is Cn1cnc2c(N3CCN(C(=O)OCc4ccc5c(Cl)cc(Cl)c(O)c5n4)CC3)nc(Cl)nc21. The highest BCUT2D eigenvalue weighted by molar-refractivity contribution is 6.39. The molecule has 176 valence electrons. The number of nitrogens with zero attached hydrogens (tertiary/aromatic N) is 7. The first-order chi connectivity index (χ1) is 16.3. The molecule has 0 unspecified atom stereocenters. The number of amides is 1. The summed E-state index contributed by atoms with van der Waals surface area (Å²) in [6.07, 6.45) is 1.20. The van der Waals surface area contributed by atoms with Crippen LogP contribution in [-0.2, 0) is 18.4 Å². The number of phenols is 1. The highest BCUT2D eigenvalue weighted by Gasteiger charge is 2.26. The molecule has 4 heterocycles. The number of piperazine rings is 1. The molecule has 1 aliphatic rings. The maximum absolute atomic E-state index is 12.6. The van der Waals surface area contributed by atoms with Gasteiger partial charge in [-0.05, 0) is 29.8 Å². The number of halogens is 3. The summed E-state index contributed by atoms with van der Waals surface area (Å²) < 4.78 is 7.23. The number of hydrogen-bond acceptors (Lipinski definition) is 8. The highest BCUT2D eigenvalue weighted by Crippen LogP contribution is 2.36. The summed E-state index contributed by atoms with van der Waals surface area (Å²) >= 11 is 18.2. The lowest BCUT2D eigenvalue weighted by Crippen LogP contribution is -2.49. The number of ether oxygens (including phenoxy) is 1. The summed E-state index contributed by atoms with van der Waals surface area (Å²) in [5.74, 6) is 0.471. The van der Waals surface area contributed by atoms with Gasteiger partial charge in [0.2, 0.25) is 5.28 Å². The smallest absolute Gasteiger partial charge is 0.410 e. The summed E-state index contributed by atoms with van der Waals surface area (Å²) in [6.45, 7) is 1.88. The maximum Gasteiger partial charge on any atom is 0.410 e. The van der Waals surface area contributed by atoms with Gasteiger partial charge in [0, 0.05) is 38.6 Å². The molecule has 1 saturated heterocycles. The molecule has 1 aromatic carbocycles. The zero-order valence-corrected chi connectivity index (χ0v) is 20.1. The van der Waals surface area contributed by atoms with E-state index in [0.29, 0.717) is 59.3 Å². The second kappa shape index (κ2) is 8.94. The van der Waals surface area contributed by atoms with Crippen molar-refractivity contribution in [3.05, 3.63) is 45.5 Å². The van der Waals surface area contributed by atoms with Gasteiger partial charge in [-0.3, -0.25) is 0 Å². The number of carbonyl (C=O) groups excluding carboxylic acids is 1. The van der Waals surface area contributed by atoms with E-state index in [4.69, 9.17) is 39.5 Å². The molecule has 13 heteroatoms. The Morgan fingerprint density at radius 3 is 2.59 bits per heavy atom. The number of benzene rings is 1. The summed E-state index contributed by atoms with van der Waals surface area (Å²) in [5.41, 5.74) is 2.02. The average Bonchev–Trinajstić information content (AvgIpc) is 3.21. The molecule has 1 N–H and O–H groups in total. The van der Waals surface area contributed by atoms with Gasteiger partial charge in [-0.2, -0.15) is 9.97 Å². The number of hydrogen-bond donors (Lipinski definition) is 1. The number of rotatable bonds is 3. The average molecular weight is 523 g/mol. The third-order valence-corrected chi connectivity index (χ3v) is 6.38. The van der Waals surface area contributed by atoms with E-state index in [1.54, 1.807) is 27.9 Å². The lowest BCUT2D eigenvalue weighted by Gasteiger charge is -2.34. The minimum Gasteiger partial charge on any atom is -0.504 e. The van der Waals surface area contributed by atoms with E-state index >= 15 is 0 Å². The zero-order valence-electron chi connectivity index (χ0n) is 17.9. The Labute approximate surface area is 208 Å². The van der Waals surface area contributed by atoms with Gasteiger partial charge in [-0.25, -0.2) is 14.8 Å². The van der Waals surface area contributed by atoms with Crippen LogP contribution in [0.25, 0.3) is 22.1 Å². The molecule has 1 aliphatic heterocycles. The molecule has 0 bridgehead atoms. The van der Waals surface area contributed by atoms with Gasteiger partial charge in [0.15, 0.2) is 22.7 Å². The van der Waals surface area contributed by atoms with E-state index in [1.807, 2.05) is 11.9 Å². The van der Waals surface area contributed by atoms with Crippen LogP contribution < -0.4 is 4.90 Å². The normalized spacial score (nSPS) is 14.2. The summed E-state index contributed by atoms with van der Waals surface area (Å²) in [5, 5.41) is 11.4. The van der Waals surface area contributed by atoms with Gasteiger partial charge < -0.3 is 24.2 Å². The molecular formula is C21H18Cl3N7O3. The van der Waals surface area contributed by atoms with Crippen molar-refractivity contribution in [2.24, 2.45) is 7.05 Å². The molecule has 3 aromatic heterocycles. The van der Waals surface area contributed by atoms with Crippen molar-refractivity contribution >= 4 is 68.8 Å². The van der Waals surface area contributed by atoms with Gasteiger partial charge >= 0.3 is 6.09 Å². The number of anilines is 1. The quantitative estimate of drug-likeness (QED) is 0.402. The van der Waals surface area contributed by atoms with Gasteiger partial charge in [-0.1, -0.05) is 23.2 Å². The van der Waals surface area contributed by atoms with Crippen molar-refractivity contribution in [2.45, 2.75) is 6.61 Å². The molecule has 0 aliphatic carbocycles. The van der Waals surface area contributed by atoms with Gasteiger partial charge in [0.05, 0.1) is 22.1 Å². The fourth-order valence-electron chi connectivity index (χ4n) is 3.84. The Hall–Kier alpha value is -3.08. The van der Waals surface area contributed by atoms with E-state index in [9.17, 15) is 9.90 Å². The number of aryl methyl sites for hydroxylation is 1. The first kappa shape index (κ1) is 22.7. The van der Waals surface area contributed by atoms with Crippen molar-refractivity contribution in [3.63, 3.8) is 0 Å². The van der Waals surface area contributed by atoms with E-state index in [0.717, 1.165) is 0 Å². The van der Waals surface area contributed by atoms with Crippen LogP contribution in [-0.4, -0.2) is 66.8 Å². The highest BCUT2D eigenvalue weighted by atomic mass is 35.5. The molecule has 0 saturated carbocycles. The molecule has 1 fully saturated rings. The first-order valence-corrected chi connectivity index (χ1v) is 11.4.